The zero-order chi connectivity index (χ0) is 16.8. The van der Waals surface area contributed by atoms with Gasteiger partial charge in [-0.15, -0.1) is 0 Å². The number of hydrogen-bond acceptors (Lipinski definition) is 3. The fourth-order valence-corrected chi connectivity index (χ4v) is 2.64. The minimum atomic E-state index is -0.474. The van der Waals surface area contributed by atoms with Gasteiger partial charge in [0.1, 0.15) is 0 Å². The van der Waals surface area contributed by atoms with Crippen LogP contribution in [0.2, 0.25) is 0 Å². The molecule has 0 saturated heterocycles. The van der Waals surface area contributed by atoms with Crippen LogP contribution in [0.5, 0.6) is 0 Å². The number of carbonyl (C=O) groups excluding carboxylic acids is 1. The fraction of sp³-hybridized carbons (Fsp3) is 0.471. The average Bonchev–Trinajstić information content (AvgIpc) is 2.55. The molecule has 0 aliphatic carbocycles. The number of H-pyrrole nitrogens is 1. The molecular weight excluding hydrogens is 294 g/mol. The summed E-state index contributed by atoms with van der Waals surface area (Å²) in [5, 5.41) is 0.456. The summed E-state index contributed by atoms with van der Waals surface area (Å²) in [5.41, 5.74) is -0.310. The molecule has 2 aromatic rings. The molecule has 0 atom stereocenters. The molecule has 0 aliphatic rings. The summed E-state index contributed by atoms with van der Waals surface area (Å²) in [6, 6.07) is 6.93. The Labute approximate surface area is 134 Å². The molecule has 0 unspecified atom stereocenters. The fourth-order valence-electron chi connectivity index (χ4n) is 2.64. The summed E-state index contributed by atoms with van der Waals surface area (Å²) in [6.07, 6.45) is 2.25. The quantitative estimate of drug-likeness (QED) is 0.845. The zero-order valence-corrected chi connectivity index (χ0v) is 13.7. The number of fused-ring (bicyclic) bond motifs is 1. The van der Waals surface area contributed by atoms with Crippen molar-refractivity contribution < 1.29 is 4.79 Å². The SMILES string of the molecule is CCCCN(CC)C(=O)CCn1c(=O)[nH]c(=O)c2ccccc21. The Hall–Kier alpha value is -2.37. The second kappa shape index (κ2) is 7.76. The van der Waals surface area contributed by atoms with Crippen LogP contribution in [0.3, 0.4) is 0 Å². The summed E-state index contributed by atoms with van der Waals surface area (Å²) in [5.74, 6) is 0.0307. The van der Waals surface area contributed by atoms with E-state index in [0.29, 0.717) is 17.4 Å². The number of aromatic amines is 1. The van der Waals surface area contributed by atoms with Crippen molar-refractivity contribution in [1.82, 2.24) is 14.5 Å². The summed E-state index contributed by atoms with van der Waals surface area (Å²) < 4.78 is 1.46. The molecule has 1 aromatic heterocycles. The van der Waals surface area contributed by atoms with Gasteiger partial charge in [-0.3, -0.25) is 19.1 Å². The second-order valence-corrected chi connectivity index (χ2v) is 5.51. The maximum atomic E-state index is 12.3. The molecule has 6 heteroatoms. The Morgan fingerprint density at radius 3 is 2.65 bits per heavy atom. The van der Waals surface area contributed by atoms with Crippen molar-refractivity contribution in [3.8, 4) is 0 Å². The van der Waals surface area contributed by atoms with Crippen molar-refractivity contribution in [2.24, 2.45) is 0 Å². The topological polar surface area (TPSA) is 75.2 Å². The van der Waals surface area contributed by atoms with E-state index in [0.717, 1.165) is 19.4 Å². The normalized spacial score (nSPS) is 10.9. The van der Waals surface area contributed by atoms with Gasteiger partial charge in [0.25, 0.3) is 5.56 Å². The molecule has 0 spiro atoms. The first-order chi connectivity index (χ1) is 11.1. The van der Waals surface area contributed by atoms with Crippen molar-refractivity contribution >= 4 is 16.8 Å². The van der Waals surface area contributed by atoms with Crippen LogP contribution in [0, 0.1) is 0 Å². The van der Waals surface area contributed by atoms with Crippen molar-refractivity contribution in [3.05, 3.63) is 45.1 Å². The Morgan fingerprint density at radius 1 is 1.22 bits per heavy atom. The second-order valence-electron chi connectivity index (χ2n) is 5.51. The molecule has 0 radical (unpaired) electrons. The van der Waals surface area contributed by atoms with E-state index in [2.05, 4.69) is 11.9 Å². The first-order valence-corrected chi connectivity index (χ1v) is 8.08. The van der Waals surface area contributed by atoms with E-state index >= 15 is 0 Å². The summed E-state index contributed by atoms with van der Waals surface area (Å²) in [4.78, 5) is 40.3. The van der Waals surface area contributed by atoms with Crippen LogP contribution < -0.4 is 11.2 Å². The maximum Gasteiger partial charge on any atom is 0.328 e. The van der Waals surface area contributed by atoms with Crippen LogP contribution >= 0.6 is 0 Å². The highest BCUT2D eigenvalue weighted by Gasteiger charge is 2.13. The van der Waals surface area contributed by atoms with Crippen LogP contribution in [0.25, 0.3) is 10.9 Å². The number of unbranched alkanes of at least 4 members (excludes halogenated alkanes) is 1. The van der Waals surface area contributed by atoms with E-state index < -0.39 is 11.2 Å². The number of hydrogen-bond donors (Lipinski definition) is 1. The van der Waals surface area contributed by atoms with Crippen LogP contribution in [-0.4, -0.2) is 33.4 Å². The van der Waals surface area contributed by atoms with Crippen molar-refractivity contribution in [1.29, 1.82) is 0 Å². The summed E-state index contributed by atoms with van der Waals surface area (Å²) in [7, 11) is 0. The molecule has 124 valence electrons. The number of carbonyl (C=O) groups is 1. The highest BCUT2D eigenvalue weighted by molar-refractivity contribution is 5.78. The molecular formula is C17H23N3O3. The van der Waals surface area contributed by atoms with Gasteiger partial charge in [-0.2, -0.15) is 0 Å². The van der Waals surface area contributed by atoms with Gasteiger partial charge in [0.2, 0.25) is 5.91 Å². The third-order valence-corrected chi connectivity index (χ3v) is 3.97. The minimum Gasteiger partial charge on any atom is -0.343 e. The van der Waals surface area contributed by atoms with Crippen molar-refractivity contribution in [2.45, 2.75) is 39.7 Å². The number of rotatable bonds is 7. The van der Waals surface area contributed by atoms with Gasteiger partial charge in [0, 0.05) is 26.1 Å². The molecule has 0 bridgehead atoms. The van der Waals surface area contributed by atoms with E-state index in [1.807, 2.05) is 11.8 Å². The minimum absolute atomic E-state index is 0.0307. The third kappa shape index (κ3) is 3.88. The molecule has 2 rings (SSSR count). The van der Waals surface area contributed by atoms with Gasteiger partial charge in [-0.05, 0) is 25.5 Å². The highest BCUT2D eigenvalue weighted by atomic mass is 16.2. The predicted octanol–water partition coefficient (Wildman–Crippen LogP) is 1.73. The largest absolute Gasteiger partial charge is 0.343 e. The van der Waals surface area contributed by atoms with Crippen molar-refractivity contribution in [3.63, 3.8) is 0 Å². The molecule has 0 aliphatic heterocycles. The first kappa shape index (κ1) is 17.0. The highest BCUT2D eigenvalue weighted by Crippen LogP contribution is 2.08. The lowest BCUT2D eigenvalue weighted by molar-refractivity contribution is -0.131. The van der Waals surface area contributed by atoms with E-state index in [1.165, 1.54) is 4.57 Å². The van der Waals surface area contributed by atoms with Gasteiger partial charge in [0.15, 0.2) is 0 Å². The molecule has 0 saturated carbocycles. The smallest absolute Gasteiger partial charge is 0.328 e. The number of aryl methyl sites for hydroxylation is 1. The molecule has 23 heavy (non-hydrogen) atoms. The molecule has 1 aromatic carbocycles. The number of nitrogens with one attached hydrogen (secondary N) is 1. The van der Waals surface area contributed by atoms with E-state index in [9.17, 15) is 14.4 Å². The van der Waals surface area contributed by atoms with Gasteiger partial charge < -0.3 is 4.90 Å². The Kier molecular flexibility index (Phi) is 5.73. The summed E-state index contributed by atoms with van der Waals surface area (Å²) in [6.45, 7) is 5.71. The van der Waals surface area contributed by atoms with Gasteiger partial charge >= 0.3 is 5.69 Å². The van der Waals surface area contributed by atoms with Gasteiger partial charge in [-0.25, -0.2) is 4.79 Å². The van der Waals surface area contributed by atoms with Crippen LogP contribution in [0.1, 0.15) is 33.1 Å². The van der Waals surface area contributed by atoms with Crippen LogP contribution in [0.15, 0.2) is 33.9 Å². The number of benzene rings is 1. The predicted molar refractivity (Wildman–Crippen MR) is 90.6 cm³/mol. The molecule has 1 amide bonds. The van der Waals surface area contributed by atoms with E-state index in [4.69, 9.17) is 0 Å². The Morgan fingerprint density at radius 2 is 1.96 bits per heavy atom. The zero-order valence-electron chi connectivity index (χ0n) is 13.7. The first-order valence-electron chi connectivity index (χ1n) is 8.08. The molecule has 1 N–H and O–H groups in total. The van der Waals surface area contributed by atoms with Crippen molar-refractivity contribution in [2.75, 3.05) is 13.1 Å². The van der Waals surface area contributed by atoms with Crippen LogP contribution in [0.4, 0.5) is 0 Å². The Bertz CT molecular complexity index is 792. The number of nitrogens with zero attached hydrogens (tertiary/aromatic N) is 2. The third-order valence-electron chi connectivity index (χ3n) is 3.97. The van der Waals surface area contributed by atoms with Gasteiger partial charge in [0.05, 0.1) is 10.9 Å². The number of amides is 1. The monoisotopic (exact) mass is 317 g/mol. The molecule has 0 fully saturated rings. The standard InChI is InChI=1S/C17H23N3O3/c1-3-5-11-19(4-2)15(21)10-12-20-14-9-7-6-8-13(14)16(22)18-17(20)23/h6-9H,3-5,10-12H2,1-2H3,(H,18,22,23). The van der Waals surface area contributed by atoms with Crippen LogP contribution in [-0.2, 0) is 11.3 Å². The lowest BCUT2D eigenvalue weighted by Crippen LogP contribution is -2.35. The van der Waals surface area contributed by atoms with E-state index in [-0.39, 0.29) is 18.9 Å². The average molecular weight is 317 g/mol. The number of aromatic nitrogens is 2. The number of para-hydroxylation sites is 1. The maximum absolute atomic E-state index is 12.3. The van der Waals surface area contributed by atoms with Gasteiger partial charge in [-0.1, -0.05) is 25.5 Å². The molecule has 6 nitrogen and oxygen atoms in total. The lowest BCUT2D eigenvalue weighted by Gasteiger charge is -2.21. The van der Waals surface area contributed by atoms with E-state index in [1.54, 1.807) is 24.3 Å². The Balaban J connectivity index is 2.21. The molecule has 1 heterocycles. The summed E-state index contributed by atoms with van der Waals surface area (Å²) >= 11 is 0. The lowest BCUT2D eigenvalue weighted by atomic mass is 10.2.